The predicted octanol–water partition coefficient (Wildman–Crippen LogP) is 3.80. The molecule has 1 aliphatic carbocycles. The standard InChI is InChI=1S/C22H26N6O3S/c1-30-17-6-3-5-15(13-17)19(31-2)20(29)25-22-28-27-21(32-22)24-16-10-8-14(9-11-16)18-7-4-12-23-26-18/h3-7,12-14,16,19H,8-11H2,1-2H3,(H,24,27)(H,25,28,29). The number of nitrogens with zero attached hydrogens (tertiary/aromatic N) is 4. The molecule has 2 N–H and O–H groups in total. The Bertz CT molecular complexity index is 1020. The van der Waals surface area contributed by atoms with Gasteiger partial charge in [-0.1, -0.05) is 23.5 Å². The van der Waals surface area contributed by atoms with Crippen molar-refractivity contribution >= 4 is 27.5 Å². The van der Waals surface area contributed by atoms with Gasteiger partial charge in [0.1, 0.15) is 5.75 Å². The summed E-state index contributed by atoms with van der Waals surface area (Å²) in [4.78, 5) is 12.7. The van der Waals surface area contributed by atoms with E-state index in [1.54, 1.807) is 19.4 Å². The molecule has 1 unspecified atom stereocenters. The summed E-state index contributed by atoms with van der Waals surface area (Å²) in [5, 5.41) is 23.9. The molecule has 0 spiro atoms. The van der Waals surface area contributed by atoms with Crippen molar-refractivity contribution in [3.63, 3.8) is 0 Å². The average Bonchev–Trinajstić information content (AvgIpc) is 3.27. The zero-order valence-corrected chi connectivity index (χ0v) is 18.8. The quantitative estimate of drug-likeness (QED) is 0.529. The third kappa shape index (κ3) is 5.38. The zero-order chi connectivity index (χ0) is 22.3. The number of hydrogen-bond donors (Lipinski definition) is 2. The number of anilines is 2. The molecule has 0 saturated heterocycles. The number of aromatic nitrogens is 4. The van der Waals surface area contributed by atoms with E-state index in [9.17, 15) is 4.79 Å². The Balaban J connectivity index is 1.31. The van der Waals surface area contributed by atoms with Crippen LogP contribution in [0.1, 0.15) is 49.0 Å². The molecular weight excluding hydrogens is 428 g/mol. The summed E-state index contributed by atoms with van der Waals surface area (Å²) >= 11 is 1.31. The number of ether oxygens (including phenoxy) is 2. The van der Waals surface area contributed by atoms with E-state index >= 15 is 0 Å². The van der Waals surface area contributed by atoms with Gasteiger partial charge in [-0.05, 0) is 55.5 Å². The molecule has 1 aromatic carbocycles. The van der Waals surface area contributed by atoms with Crippen LogP contribution in [0, 0.1) is 0 Å². The maximum atomic E-state index is 12.7. The first-order chi connectivity index (χ1) is 15.7. The number of amides is 1. The fourth-order valence-electron chi connectivity index (χ4n) is 3.94. The normalized spacial score (nSPS) is 19.2. The van der Waals surface area contributed by atoms with Gasteiger partial charge < -0.3 is 14.8 Å². The Labute approximate surface area is 190 Å². The van der Waals surface area contributed by atoms with Gasteiger partial charge in [0.25, 0.3) is 5.91 Å². The number of carbonyl (C=O) groups is 1. The Morgan fingerprint density at radius 2 is 1.88 bits per heavy atom. The number of rotatable bonds is 8. The zero-order valence-electron chi connectivity index (χ0n) is 18.0. The summed E-state index contributed by atoms with van der Waals surface area (Å²) in [7, 11) is 3.08. The van der Waals surface area contributed by atoms with Crippen LogP contribution in [0.25, 0.3) is 0 Å². The van der Waals surface area contributed by atoms with Gasteiger partial charge in [-0.3, -0.25) is 10.1 Å². The highest BCUT2D eigenvalue weighted by molar-refractivity contribution is 7.19. The molecule has 3 aromatic rings. The van der Waals surface area contributed by atoms with Gasteiger partial charge in [0.15, 0.2) is 6.10 Å². The second-order valence-corrected chi connectivity index (χ2v) is 8.61. The van der Waals surface area contributed by atoms with Crippen molar-refractivity contribution in [1.82, 2.24) is 20.4 Å². The van der Waals surface area contributed by atoms with E-state index in [1.807, 2.05) is 30.3 Å². The van der Waals surface area contributed by atoms with Crippen molar-refractivity contribution in [2.45, 2.75) is 43.7 Å². The van der Waals surface area contributed by atoms with E-state index < -0.39 is 6.10 Å². The molecule has 1 saturated carbocycles. The SMILES string of the molecule is COc1cccc(C(OC)C(=O)Nc2nnc(NC3CCC(c4cccnn4)CC3)s2)c1. The molecule has 0 bridgehead atoms. The monoisotopic (exact) mass is 454 g/mol. The molecule has 2 aromatic heterocycles. The van der Waals surface area contributed by atoms with E-state index in [4.69, 9.17) is 9.47 Å². The molecule has 0 radical (unpaired) electrons. The third-order valence-electron chi connectivity index (χ3n) is 5.59. The molecule has 1 atom stereocenters. The highest BCUT2D eigenvalue weighted by Gasteiger charge is 2.25. The van der Waals surface area contributed by atoms with Crippen LogP contribution in [-0.2, 0) is 9.53 Å². The number of benzene rings is 1. The van der Waals surface area contributed by atoms with E-state index in [0.717, 1.165) is 31.4 Å². The van der Waals surface area contributed by atoms with Gasteiger partial charge in [0, 0.05) is 25.3 Å². The van der Waals surface area contributed by atoms with Crippen LogP contribution in [0.2, 0.25) is 0 Å². The fraction of sp³-hybridized carbons (Fsp3) is 0.409. The third-order valence-corrected chi connectivity index (χ3v) is 6.36. The Hall–Kier alpha value is -3.11. The van der Waals surface area contributed by atoms with Crippen LogP contribution >= 0.6 is 11.3 Å². The Morgan fingerprint density at radius 3 is 2.59 bits per heavy atom. The van der Waals surface area contributed by atoms with E-state index in [1.165, 1.54) is 18.4 Å². The number of methoxy groups -OCH3 is 2. The van der Waals surface area contributed by atoms with Crippen LogP contribution in [0.3, 0.4) is 0 Å². The maximum Gasteiger partial charge on any atom is 0.259 e. The number of hydrogen-bond acceptors (Lipinski definition) is 9. The van der Waals surface area contributed by atoms with Crippen molar-refractivity contribution in [2.24, 2.45) is 0 Å². The number of nitrogens with one attached hydrogen (secondary N) is 2. The first-order valence-corrected chi connectivity index (χ1v) is 11.3. The smallest absolute Gasteiger partial charge is 0.259 e. The average molecular weight is 455 g/mol. The van der Waals surface area contributed by atoms with Gasteiger partial charge in [-0.15, -0.1) is 10.2 Å². The molecule has 32 heavy (non-hydrogen) atoms. The van der Waals surface area contributed by atoms with Crippen molar-refractivity contribution < 1.29 is 14.3 Å². The first kappa shape index (κ1) is 22.1. The second kappa shape index (κ2) is 10.5. The largest absolute Gasteiger partial charge is 0.497 e. The van der Waals surface area contributed by atoms with Gasteiger partial charge in [-0.25, -0.2) is 0 Å². The van der Waals surface area contributed by atoms with E-state index in [2.05, 4.69) is 31.0 Å². The van der Waals surface area contributed by atoms with Crippen molar-refractivity contribution in [2.75, 3.05) is 24.9 Å². The van der Waals surface area contributed by atoms with Crippen molar-refractivity contribution in [3.05, 3.63) is 53.9 Å². The van der Waals surface area contributed by atoms with E-state index in [-0.39, 0.29) is 5.91 Å². The molecule has 1 amide bonds. The van der Waals surface area contributed by atoms with Gasteiger partial charge in [-0.2, -0.15) is 10.2 Å². The molecular formula is C22H26N6O3S. The Kier molecular flexibility index (Phi) is 7.23. The van der Waals surface area contributed by atoms with Gasteiger partial charge in [0.05, 0.1) is 12.8 Å². The minimum Gasteiger partial charge on any atom is -0.497 e. The highest BCUT2D eigenvalue weighted by Crippen LogP contribution is 2.33. The molecule has 4 rings (SSSR count). The van der Waals surface area contributed by atoms with Crippen LogP contribution in [0.15, 0.2) is 42.6 Å². The Morgan fingerprint density at radius 1 is 1.06 bits per heavy atom. The van der Waals surface area contributed by atoms with Crippen LogP contribution in [0.5, 0.6) is 5.75 Å². The van der Waals surface area contributed by atoms with Crippen LogP contribution in [0.4, 0.5) is 10.3 Å². The lowest BCUT2D eigenvalue weighted by Crippen LogP contribution is -2.25. The molecule has 1 fully saturated rings. The summed E-state index contributed by atoms with van der Waals surface area (Å²) in [5.41, 5.74) is 1.77. The molecule has 168 valence electrons. The van der Waals surface area contributed by atoms with Crippen LogP contribution in [-0.4, -0.2) is 46.6 Å². The second-order valence-electron chi connectivity index (χ2n) is 7.64. The summed E-state index contributed by atoms with van der Waals surface area (Å²) < 4.78 is 10.6. The van der Waals surface area contributed by atoms with Crippen molar-refractivity contribution in [1.29, 1.82) is 0 Å². The molecule has 10 heteroatoms. The molecule has 0 aliphatic heterocycles. The maximum absolute atomic E-state index is 12.7. The van der Waals surface area contributed by atoms with Gasteiger partial charge in [0.2, 0.25) is 10.3 Å². The molecule has 9 nitrogen and oxygen atoms in total. The minimum absolute atomic E-state index is 0.312. The summed E-state index contributed by atoms with van der Waals surface area (Å²) in [6, 6.07) is 11.5. The lowest BCUT2D eigenvalue weighted by atomic mass is 9.84. The lowest BCUT2D eigenvalue weighted by Gasteiger charge is -2.28. The topological polar surface area (TPSA) is 111 Å². The summed E-state index contributed by atoms with van der Waals surface area (Å²) in [6.07, 6.45) is 5.06. The first-order valence-electron chi connectivity index (χ1n) is 10.5. The van der Waals surface area contributed by atoms with E-state index in [0.29, 0.717) is 33.5 Å². The van der Waals surface area contributed by atoms with Crippen molar-refractivity contribution in [3.8, 4) is 5.75 Å². The molecule has 1 aliphatic rings. The molecule has 2 heterocycles. The lowest BCUT2D eigenvalue weighted by molar-refractivity contribution is -0.126. The van der Waals surface area contributed by atoms with Crippen LogP contribution < -0.4 is 15.4 Å². The summed E-state index contributed by atoms with van der Waals surface area (Å²) in [6.45, 7) is 0. The minimum atomic E-state index is -0.776. The fourth-order valence-corrected chi connectivity index (χ4v) is 4.67. The van der Waals surface area contributed by atoms with Gasteiger partial charge >= 0.3 is 0 Å². The predicted molar refractivity (Wildman–Crippen MR) is 122 cm³/mol. The number of carbonyl (C=O) groups excluding carboxylic acids is 1. The highest BCUT2D eigenvalue weighted by atomic mass is 32.1. The summed E-state index contributed by atoms with van der Waals surface area (Å²) in [5.74, 6) is 0.801.